The van der Waals surface area contributed by atoms with Crippen molar-refractivity contribution in [2.24, 2.45) is 0 Å². The third-order valence-electron chi connectivity index (χ3n) is 4.34. The number of amides is 1. The van der Waals surface area contributed by atoms with Crippen molar-refractivity contribution in [1.82, 2.24) is 19.9 Å². The second kappa shape index (κ2) is 6.51. The van der Waals surface area contributed by atoms with E-state index in [-0.39, 0.29) is 18.0 Å². The summed E-state index contributed by atoms with van der Waals surface area (Å²) in [6, 6.07) is 7.74. The molecule has 0 aliphatic carbocycles. The van der Waals surface area contributed by atoms with Crippen molar-refractivity contribution >= 4 is 16.8 Å². The van der Waals surface area contributed by atoms with Crippen molar-refractivity contribution in [1.29, 1.82) is 0 Å². The van der Waals surface area contributed by atoms with Gasteiger partial charge in [-0.3, -0.25) is 4.79 Å². The number of hydrogen-bond acceptors (Lipinski definition) is 4. The molecule has 128 valence electrons. The predicted molar refractivity (Wildman–Crippen MR) is 89.8 cm³/mol. The molecule has 1 aliphatic heterocycles. The number of hydrogen-bond donors (Lipinski definition) is 1. The van der Waals surface area contributed by atoms with Gasteiger partial charge in [-0.25, -0.2) is 14.4 Å². The minimum Gasteiger partial charge on any atom is -0.458 e. The van der Waals surface area contributed by atoms with E-state index in [1.165, 1.54) is 0 Å². The summed E-state index contributed by atoms with van der Waals surface area (Å²) >= 11 is 0. The molecule has 0 spiro atoms. The first-order valence-corrected chi connectivity index (χ1v) is 8.20. The van der Waals surface area contributed by atoms with E-state index in [1.54, 1.807) is 4.90 Å². The number of nitrogens with zero attached hydrogens (tertiary/aromatic N) is 3. The highest BCUT2D eigenvalue weighted by Gasteiger charge is 2.26. The Bertz CT molecular complexity index is 893. The second-order valence-corrected chi connectivity index (χ2v) is 6.10. The number of carbonyl (C=O) groups is 1. The smallest absolute Gasteiger partial charge is 0.316 e. The van der Waals surface area contributed by atoms with Crippen LogP contribution >= 0.6 is 0 Å². The maximum Gasteiger partial charge on any atom is 0.316 e. The van der Waals surface area contributed by atoms with E-state index in [9.17, 15) is 9.18 Å². The number of halogens is 1. The van der Waals surface area contributed by atoms with Crippen LogP contribution in [0, 0.1) is 5.82 Å². The Morgan fingerprint density at radius 2 is 2.12 bits per heavy atom. The summed E-state index contributed by atoms with van der Waals surface area (Å²) in [4.78, 5) is 25.3. The van der Waals surface area contributed by atoms with Gasteiger partial charge in [0.1, 0.15) is 6.10 Å². The summed E-state index contributed by atoms with van der Waals surface area (Å²) in [7, 11) is 0. The van der Waals surface area contributed by atoms with Gasteiger partial charge in [0, 0.05) is 23.8 Å². The topological polar surface area (TPSA) is 71.1 Å². The molecule has 4 rings (SSSR count). The summed E-state index contributed by atoms with van der Waals surface area (Å²) in [5.74, 6) is -0.530. The van der Waals surface area contributed by atoms with Crippen LogP contribution in [0.2, 0.25) is 0 Å². The summed E-state index contributed by atoms with van der Waals surface area (Å²) in [6.07, 6.45) is 5.44. The highest BCUT2D eigenvalue weighted by atomic mass is 19.1. The number of ether oxygens (including phenoxy) is 1. The number of aromatic amines is 1. The van der Waals surface area contributed by atoms with Gasteiger partial charge in [0.25, 0.3) is 5.91 Å². The molecule has 6 nitrogen and oxygen atoms in total. The zero-order chi connectivity index (χ0) is 17.2. The molecule has 1 saturated heterocycles. The first kappa shape index (κ1) is 15.6. The highest BCUT2D eigenvalue weighted by Crippen LogP contribution is 2.20. The molecule has 0 radical (unpaired) electrons. The lowest BCUT2D eigenvalue weighted by Gasteiger charge is -2.32. The van der Waals surface area contributed by atoms with E-state index in [1.807, 2.05) is 30.5 Å². The number of piperidine rings is 1. The average molecular weight is 340 g/mol. The van der Waals surface area contributed by atoms with Crippen LogP contribution in [0.4, 0.5) is 4.39 Å². The maximum atomic E-state index is 12.9. The van der Waals surface area contributed by atoms with E-state index in [2.05, 4.69) is 15.0 Å². The molecule has 3 heterocycles. The van der Waals surface area contributed by atoms with Crippen LogP contribution in [-0.2, 0) is 0 Å². The van der Waals surface area contributed by atoms with Crippen LogP contribution < -0.4 is 4.74 Å². The molecule has 1 fully saturated rings. The minimum absolute atomic E-state index is 0.0233. The molecule has 0 bridgehead atoms. The third kappa shape index (κ3) is 3.31. The first-order chi connectivity index (χ1) is 12.2. The van der Waals surface area contributed by atoms with Crippen molar-refractivity contribution in [2.45, 2.75) is 18.9 Å². The largest absolute Gasteiger partial charge is 0.458 e. The minimum atomic E-state index is -0.507. The van der Waals surface area contributed by atoms with Crippen LogP contribution in [-0.4, -0.2) is 45.0 Å². The fourth-order valence-electron chi connectivity index (χ4n) is 3.09. The van der Waals surface area contributed by atoms with Crippen LogP contribution in [0.3, 0.4) is 0 Å². The summed E-state index contributed by atoms with van der Waals surface area (Å²) in [5.41, 5.74) is 1.59. The van der Waals surface area contributed by atoms with Gasteiger partial charge in [-0.2, -0.15) is 0 Å². The van der Waals surface area contributed by atoms with Crippen molar-refractivity contribution < 1.29 is 13.9 Å². The highest BCUT2D eigenvalue weighted by molar-refractivity contribution is 5.98. The molecule has 2 aromatic heterocycles. The van der Waals surface area contributed by atoms with Gasteiger partial charge < -0.3 is 14.6 Å². The van der Waals surface area contributed by atoms with Crippen LogP contribution in [0.5, 0.6) is 6.01 Å². The summed E-state index contributed by atoms with van der Waals surface area (Å²) in [6.45, 7) is 1.15. The Labute approximate surface area is 143 Å². The number of H-pyrrole nitrogens is 1. The summed E-state index contributed by atoms with van der Waals surface area (Å²) in [5, 5.41) is 1.07. The lowest BCUT2D eigenvalue weighted by Crippen LogP contribution is -2.44. The van der Waals surface area contributed by atoms with Gasteiger partial charge in [-0.1, -0.05) is 6.07 Å². The Balaban J connectivity index is 1.46. The van der Waals surface area contributed by atoms with Gasteiger partial charge >= 0.3 is 6.01 Å². The maximum absolute atomic E-state index is 12.9. The van der Waals surface area contributed by atoms with Gasteiger partial charge in [-0.15, -0.1) is 0 Å². The van der Waals surface area contributed by atoms with Gasteiger partial charge in [0.05, 0.1) is 18.9 Å². The fraction of sp³-hybridized carbons (Fsp3) is 0.278. The van der Waals surface area contributed by atoms with Crippen molar-refractivity contribution in [3.63, 3.8) is 0 Å². The Morgan fingerprint density at radius 1 is 1.28 bits per heavy atom. The fourth-order valence-corrected chi connectivity index (χ4v) is 3.09. The molecule has 0 unspecified atom stereocenters. The van der Waals surface area contributed by atoms with Crippen molar-refractivity contribution in [3.05, 3.63) is 54.2 Å². The number of aromatic nitrogens is 3. The second-order valence-electron chi connectivity index (χ2n) is 6.10. The number of rotatable bonds is 3. The molecule has 1 aliphatic rings. The van der Waals surface area contributed by atoms with E-state index < -0.39 is 5.82 Å². The molecule has 3 aromatic rings. The zero-order valence-corrected chi connectivity index (χ0v) is 13.5. The quantitative estimate of drug-likeness (QED) is 0.796. The molecule has 7 heteroatoms. The predicted octanol–water partition coefficient (Wildman–Crippen LogP) is 2.78. The van der Waals surface area contributed by atoms with Crippen LogP contribution in [0.25, 0.3) is 10.9 Å². The molecular formula is C18H17FN4O2. The molecule has 1 N–H and O–H groups in total. The Morgan fingerprint density at radius 3 is 2.96 bits per heavy atom. The van der Waals surface area contributed by atoms with E-state index in [0.717, 1.165) is 36.1 Å². The number of likely N-dealkylation sites (tertiary alicyclic amines) is 1. The monoisotopic (exact) mass is 340 g/mol. The lowest BCUT2D eigenvalue weighted by atomic mass is 10.1. The molecule has 1 aromatic carbocycles. The SMILES string of the molecule is O=C(c1ccc2cc[nH]c2c1)N1CCC[C@@H](Oc2ncc(F)cn2)C1. The molecule has 0 saturated carbocycles. The molecule has 1 atom stereocenters. The van der Waals surface area contributed by atoms with Crippen LogP contribution in [0.15, 0.2) is 42.9 Å². The number of carbonyl (C=O) groups excluding carboxylic acids is 1. The van der Waals surface area contributed by atoms with Gasteiger partial charge in [-0.05, 0) is 36.4 Å². The first-order valence-electron chi connectivity index (χ1n) is 8.20. The standard InChI is InChI=1S/C18H17FN4O2/c19-14-9-21-18(22-10-14)25-15-2-1-7-23(11-15)17(24)13-4-3-12-5-6-20-16(12)8-13/h3-6,8-10,15,20H,1-2,7,11H2/t15-/m1/s1. The Hall–Kier alpha value is -2.96. The Kier molecular flexibility index (Phi) is 4.05. The molecule has 25 heavy (non-hydrogen) atoms. The molecular weight excluding hydrogens is 323 g/mol. The lowest BCUT2D eigenvalue weighted by molar-refractivity contribution is 0.0515. The summed E-state index contributed by atoms with van der Waals surface area (Å²) < 4.78 is 18.6. The van der Waals surface area contributed by atoms with E-state index in [4.69, 9.17) is 4.74 Å². The number of benzene rings is 1. The number of fused-ring (bicyclic) bond motifs is 1. The van der Waals surface area contributed by atoms with Gasteiger partial charge in [0.2, 0.25) is 0 Å². The molecule has 1 amide bonds. The zero-order valence-electron chi connectivity index (χ0n) is 13.5. The average Bonchev–Trinajstić information content (AvgIpc) is 3.11. The van der Waals surface area contributed by atoms with Gasteiger partial charge in [0.15, 0.2) is 5.82 Å². The third-order valence-corrected chi connectivity index (χ3v) is 4.34. The van der Waals surface area contributed by atoms with Crippen LogP contribution in [0.1, 0.15) is 23.2 Å². The van der Waals surface area contributed by atoms with E-state index >= 15 is 0 Å². The van der Waals surface area contributed by atoms with Crippen molar-refractivity contribution in [3.8, 4) is 6.01 Å². The number of nitrogens with one attached hydrogen (secondary N) is 1. The van der Waals surface area contributed by atoms with E-state index in [0.29, 0.717) is 18.7 Å². The normalized spacial score (nSPS) is 17.6. The van der Waals surface area contributed by atoms with Crippen molar-refractivity contribution in [2.75, 3.05) is 13.1 Å².